The van der Waals surface area contributed by atoms with Crippen molar-refractivity contribution in [1.29, 1.82) is 0 Å². The van der Waals surface area contributed by atoms with Crippen molar-refractivity contribution in [2.75, 3.05) is 19.9 Å². The highest BCUT2D eigenvalue weighted by Crippen LogP contribution is 2.32. The predicted molar refractivity (Wildman–Crippen MR) is 145 cm³/mol. The van der Waals surface area contributed by atoms with Gasteiger partial charge in [-0.1, -0.05) is 92.2 Å². The molecule has 0 amide bonds. The lowest BCUT2D eigenvalue weighted by molar-refractivity contribution is 0.233. The molecule has 0 saturated carbocycles. The van der Waals surface area contributed by atoms with E-state index in [1.54, 1.807) is 0 Å². The van der Waals surface area contributed by atoms with Crippen molar-refractivity contribution < 1.29 is 4.39 Å². The third kappa shape index (κ3) is 5.71. The first-order chi connectivity index (χ1) is 18.3. The molecule has 0 saturated heterocycles. The quantitative estimate of drug-likeness (QED) is 0.267. The number of aromatic nitrogens is 4. The molecule has 37 heavy (non-hydrogen) atoms. The fraction of sp³-hybridized carbons (Fsp3) is 0.300. The van der Waals surface area contributed by atoms with Gasteiger partial charge in [-0.05, 0) is 46.7 Å². The van der Waals surface area contributed by atoms with E-state index in [1.807, 2.05) is 24.3 Å². The fourth-order valence-corrected chi connectivity index (χ4v) is 5.03. The van der Waals surface area contributed by atoms with Crippen LogP contribution >= 0.6 is 0 Å². The minimum Gasteiger partial charge on any atom is -0.353 e. The van der Waals surface area contributed by atoms with Gasteiger partial charge in [0.1, 0.15) is 6.67 Å². The van der Waals surface area contributed by atoms with Crippen LogP contribution in [-0.4, -0.2) is 50.3 Å². The summed E-state index contributed by atoms with van der Waals surface area (Å²) in [4.78, 5) is 4.59. The third-order valence-electron chi connectivity index (χ3n) is 7.00. The lowest BCUT2D eigenvalue weighted by atomic mass is 9.98. The number of nitrogens with zero attached hydrogens (tertiary/aromatic N) is 5. The van der Waals surface area contributed by atoms with Gasteiger partial charge in [0.25, 0.3) is 0 Å². The van der Waals surface area contributed by atoms with Crippen LogP contribution in [0.2, 0.25) is 0 Å². The minimum absolute atomic E-state index is 0.420. The maximum Gasteiger partial charge on any atom is 0.205 e. The molecule has 1 aliphatic heterocycles. The summed E-state index contributed by atoms with van der Waals surface area (Å²) in [7, 11) is 0. The van der Waals surface area contributed by atoms with Crippen molar-refractivity contribution >= 4 is 0 Å². The van der Waals surface area contributed by atoms with Crippen molar-refractivity contribution in [2.45, 2.75) is 39.2 Å². The smallest absolute Gasteiger partial charge is 0.205 e. The molecule has 5 rings (SSSR count). The number of hydrogen-bond acceptors (Lipinski definition) is 5. The van der Waals surface area contributed by atoms with Crippen LogP contribution in [-0.2, 0) is 13.0 Å². The summed E-state index contributed by atoms with van der Waals surface area (Å²) in [6, 6.07) is 27.1. The zero-order chi connectivity index (χ0) is 25.5. The molecule has 0 fully saturated rings. The van der Waals surface area contributed by atoms with E-state index in [0.29, 0.717) is 5.82 Å². The van der Waals surface area contributed by atoms with Gasteiger partial charge in [0.05, 0.1) is 12.4 Å². The first kappa shape index (κ1) is 24.7. The number of H-pyrrole nitrogens is 1. The SMILES string of the molecule is CCCCC1=C(CF)N(CCc2ccccc2)CN1Cc1ccc(-c2ccccc2-c2nn[nH]n2)cc1. The average molecular weight is 497 g/mol. The lowest BCUT2D eigenvalue weighted by Gasteiger charge is -2.25. The molecular formula is C30H33FN6. The standard InChI is InChI=1S/C30H33FN6/c1-2-3-13-28-29(20-31)36(19-18-23-9-5-4-6-10-23)22-37(28)21-24-14-16-25(17-15-24)26-11-7-8-12-27(26)30-32-34-35-33-30/h4-12,14-17H,2-3,13,18-22H2,1H3,(H,32,33,34,35). The molecule has 7 heteroatoms. The summed E-state index contributed by atoms with van der Waals surface area (Å²) in [5, 5.41) is 14.5. The number of allylic oxidation sites excluding steroid dienone is 2. The Labute approximate surface area is 217 Å². The van der Waals surface area contributed by atoms with Gasteiger partial charge in [-0.15, -0.1) is 10.2 Å². The van der Waals surface area contributed by atoms with Crippen LogP contribution in [0.4, 0.5) is 4.39 Å². The largest absolute Gasteiger partial charge is 0.353 e. The van der Waals surface area contributed by atoms with E-state index in [2.05, 4.69) is 91.9 Å². The molecule has 3 aromatic carbocycles. The van der Waals surface area contributed by atoms with E-state index in [9.17, 15) is 4.39 Å². The Balaban J connectivity index is 1.33. The monoisotopic (exact) mass is 496 g/mol. The number of tetrazole rings is 1. The molecule has 0 unspecified atom stereocenters. The average Bonchev–Trinajstić information content (AvgIpc) is 3.60. The molecule has 0 radical (unpaired) electrons. The van der Waals surface area contributed by atoms with Gasteiger partial charge in [-0.3, -0.25) is 0 Å². The van der Waals surface area contributed by atoms with Gasteiger partial charge >= 0.3 is 0 Å². The van der Waals surface area contributed by atoms with Gasteiger partial charge in [0.2, 0.25) is 5.82 Å². The number of alkyl halides is 1. The number of rotatable bonds is 11. The molecule has 4 aromatic rings. The van der Waals surface area contributed by atoms with Crippen LogP contribution in [0.3, 0.4) is 0 Å². The lowest BCUT2D eigenvalue weighted by Crippen LogP contribution is -2.29. The highest BCUT2D eigenvalue weighted by molar-refractivity contribution is 5.80. The van der Waals surface area contributed by atoms with E-state index in [-0.39, 0.29) is 0 Å². The molecule has 6 nitrogen and oxygen atoms in total. The fourth-order valence-electron chi connectivity index (χ4n) is 5.03. The van der Waals surface area contributed by atoms with Crippen LogP contribution in [0.15, 0.2) is 90.3 Å². The van der Waals surface area contributed by atoms with Gasteiger partial charge < -0.3 is 9.80 Å². The topological polar surface area (TPSA) is 60.9 Å². The van der Waals surface area contributed by atoms with Crippen LogP contribution in [0.25, 0.3) is 22.5 Å². The highest BCUT2D eigenvalue weighted by Gasteiger charge is 2.28. The third-order valence-corrected chi connectivity index (χ3v) is 7.00. The first-order valence-corrected chi connectivity index (χ1v) is 13.0. The molecule has 1 aliphatic rings. The number of benzene rings is 3. The van der Waals surface area contributed by atoms with E-state index >= 15 is 0 Å². The molecule has 2 heterocycles. The Hall–Kier alpha value is -4.00. The molecule has 0 bridgehead atoms. The van der Waals surface area contributed by atoms with E-state index in [1.165, 1.54) is 11.1 Å². The molecule has 0 spiro atoms. The normalized spacial score (nSPS) is 13.6. The van der Waals surface area contributed by atoms with E-state index in [0.717, 1.165) is 73.5 Å². The van der Waals surface area contributed by atoms with Crippen molar-refractivity contribution in [3.05, 3.63) is 101 Å². The number of hydrogen-bond donors (Lipinski definition) is 1. The molecule has 1 aromatic heterocycles. The first-order valence-electron chi connectivity index (χ1n) is 13.0. The Kier molecular flexibility index (Phi) is 7.89. The van der Waals surface area contributed by atoms with Crippen LogP contribution < -0.4 is 0 Å². The summed E-state index contributed by atoms with van der Waals surface area (Å²) in [5.41, 5.74) is 7.60. The van der Waals surface area contributed by atoms with Crippen LogP contribution in [0.5, 0.6) is 0 Å². The van der Waals surface area contributed by atoms with E-state index < -0.39 is 6.67 Å². The molecule has 1 N–H and O–H groups in total. The summed E-state index contributed by atoms with van der Waals surface area (Å²) >= 11 is 0. The molecular weight excluding hydrogens is 463 g/mol. The van der Waals surface area contributed by atoms with E-state index in [4.69, 9.17) is 0 Å². The van der Waals surface area contributed by atoms with Gasteiger partial charge in [-0.25, -0.2) is 4.39 Å². The summed E-state index contributed by atoms with van der Waals surface area (Å²) in [6.45, 7) is 4.08. The van der Waals surface area contributed by atoms with Crippen LogP contribution in [0.1, 0.15) is 37.3 Å². The zero-order valence-corrected chi connectivity index (χ0v) is 21.3. The van der Waals surface area contributed by atoms with Crippen molar-refractivity contribution in [3.8, 4) is 22.5 Å². The molecule has 190 valence electrons. The maximum atomic E-state index is 14.3. The van der Waals surface area contributed by atoms with Crippen LogP contribution in [0, 0.1) is 0 Å². The predicted octanol–water partition coefficient (Wildman–Crippen LogP) is 6.22. The van der Waals surface area contributed by atoms with Crippen molar-refractivity contribution in [3.63, 3.8) is 0 Å². The van der Waals surface area contributed by atoms with Crippen molar-refractivity contribution in [1.82, 2.24) is 30.4 Å². The van der Waals surface area contributed by atoms with Gasteiger partial charge in [0, 0.05) is 24.4 Å². The van der Waals surface area contributed by atoms with Crippen molar-refractivity contribution in [2.24, 2.45) is 0 Å². The number of nitrogens with one attached hydrogen (secondary N) is 1. The summed E-state index contributed by atoms with van der Waals surface area (Å²) < 4.78 is 14.3. The number of aromatic amines is 1. The Bertz CT molecular complexity index is 1300. The number of halogens is 1. The molecule has 0 atom stereocenters. The highest BCUT2D eigenvalue weighted by atomic mass is 19.1. The zero-order valence-electron chi connectivity index (χ0n) is 21.3. The number of unbranched alkanes of at least 4 members (excludes halogenated alkanes) is 1. The Morgan fingerprint density at radius 3 is 2.27 bits per heavy atom. The second-order valence-electron chi connectivity index (χ2n) is 9.45. The Morgan fingerprint density at radius 2 is 1.57 bits per heavy atom. The maximum absolute atomic E-state index is 14.3. The summed E-state index contributed by atoms with van der Waals surface area (Å²) in [5.74, 6) is 0.580. The van der Waals surface area contributed by atoms with Gasteiger partial charge in [0.15, 0.2) is 0 Å². The van der Waals surface area contributed by atoms with Gasteiger partial charge in [-0.2, -0.15) is 5.21 Å². The second kappa shape index (κ2) is 11.8. The summed E-state index contributed by atoms with van der Waals surface area (Å²) in [6.07, 6.45) is 3.98. The second-order valence-corrected chi connectivity index (χ2v) is 9.45. The minimum atomic E-state index is -0.420. The molecule has 0 aliphatic carbocycles. The Morgan fingerprint density at radius 1 is 0.811 bits per heavy atom.